The molecule has 3 aromatic rings. The molecule has 0 aliphatic carbocycles. The summed E-state index contributed by atoms with van der Waals surface area (Å²) in [6, 6.07) is 8.29. The topological polar surface area (TPSA) is 111 Å². The first-order valence-electron chi connectivity index (χ1n) is 12.7. The summed E-state index contributed by atoms with van der Waals surface area (Å²) in [7, 11) is 1.84. The summed E-state index contributed by atoms with van der Waals surface area (Å²) in [4.78, 5) is 20.3. The third-order valence-electron chi connectivity index (χ3n) is 6.77. The molecule has 5 rings (SSSR count). The molecule has 1 fully saturated rings. The van der Waals surface area contributed by atoms with Crippen molar-refractivity contribution in [3.05, 3.63) is 65.0 Å². The zero-order valence-corrected chi connectivity index (χ0v) is 21.0. The van der Waals surface area contributed by atoms with Gasteiger partial charge in [0.2, 0.25) is 0 Å². The van der Waals surface area contributed by atoms with E-state index in [1.165, 1.54) is 5.69 Å². The van der Waals surface area contributed by atoms with Crippen LogP contribution in [0.4, 0.5) is 0 Å². The van der Waals surface area contributed by atoms with Gasteiger partial charge >= 0.3 is 0 Å². The zero-order valence-electron chi connectivity index (χ0n) is 21.0. The second-order valence-electron chi connectivity index (χ2n) is 9.57. The molecule has 36 heavy (non-hydrogen) atoms. The van der Waals surface area contributed by atoms with Crippen molar-refractivity contribution in [2.45, 2.75) is 51.5 Å². The average Bonchev–Trinajstić information content (AvgIpc) is 3.49. The van der Waals surface area contributed by atoms with Crippen LogP contribution in [0.15, 0.2) is 42.4 Å². The van der Waals surface area contributed by atoms with Crippen molar-refractivity contribution in [1.82, 2.24) is 41.0 Å². The molecule has 2 aliphatic heterocycles. The lowest BCUT2D eigenvalue weighted by atomic mass is 9.97. The number of rotatable bonds is 9. The van der Waals surface area contributed by atoms with Crippen LogP contribution < -0.4 is 10.9 Å². The number of carbonyl (C=O) groups excluding carboxylic acids is 1. The van der Waals surface area contributed by atoms with Gasteiger partial charge in [-0.3, -0.25) is 19.8 Å². The van der Waals surface area contributed by atoms with E-state index in [2.05, 4.69) is 43.1 Å². The van der Waals surface area contributed by atoms with E-state index < -0.39 is 0 Å². The standard InChI is InChI=1S/C26H34N8O2/c1-18-6-7-19(15-27-18)16-28-26(35)24-17-34(32-33(24)2)10-4-3-5-22-13-21-14-23(29-25(21)31-30-22)20-8-11-36-12-9-20/h6-7,13-15,17,20,32H,3-5,8-12,16H2,1-2H3,(H,28,35)(H,29,31). The van der Waals surface area contributed by atoms with Crippen molar-refractivity contribution < 1.29 is 9.53 Å². The molecule has 0 radical (unpaired) electrons. The van der Waals surface area contributed by atoms with Crippen molar-refractivity contribution in [2.24, 2.45) is 0 Å². The number of hydrazine groups is 2. The van der Waals surface area contributed by atoms with Crippen LogP contribution in [0.2, 0.25) is 0 Å². The van der Waals surface area contributed by atoms with Gasteiger partial charge in [-0.15, -0.1) is 10.6 Å². The molecule has 5 heterocycles. The number of pyridine rings is 1. The van der Waals surface area contributed by atoms with E-state index in [1.54, 1.807) is 11.2 Å². The van der Waals surface area contributed by atoms with E-state index in [0.29, 0.717) is 18.2 Å². The molecule has 1 amide bonds. The number of aryl methyl sites for hydroxylation is 2. The van der Waals surface area contributed by atoms with Gasteiger partial charge < -0.3 is 15.0 Å². The van der Waals surface area contributed by atoms with E-state index in [9.17, 15) is 4.79 Å². The second kappa shape index (κ2) is 11.0. The molecule has 0 aromatic carbocycles. The van der Waals surface area contributed by atoms with Crippen LogP contribution in [0.1, 0.15) is 54.2 Å². The normalized spacial score (nSPS) is 16.6. The highest BCUT2D eigenvalue weighted by molar-refractivity contribution is 5.92. The van der Waals surface area contributed by atoms with Crippen molar-refractivity contribution >= 4 is 16.9 Å². The van der Waals surface area contributed by atoms with Crippen LogP contribution in [0, 0.1) is 6.92 Å². The number of hydrogen-bond acceptors (Lipinski definition) is 8. The van der Waals surface area contributed by atoms with Crippen LogP contribution >= 0.6 is 0 Å². The van der Waals surface area contributed by atoms with Gasteiger partial charge in [0.25, 0.3) is 5.91 Å². The molecule has 1 saturated heterocycles. The van der Waals surface area contributed by atoms with E-state index in [4.69, 9.17) is 4.74 Å². The number of H-pyrrole nitrogens is 1. The molecule has 190 valence electrons. The van der Waals surface area contributed by atoms with Gasteiger partial charge in [0, 0.05) is 68.4 Å². The fraction of sp³-hybridized carbons (Fsp3) is 0.462. The summed E-state index contributed by atoms with van der Waals surface area (Å²) >= 11 is 0. The summed E-state index contributed by atoms with van der Waals surface area (Å²) < 4.78 is 5.48. The number of nitrogens with zero attached hydrogens (tertiary/aromatic N) is 5. The van der Waals surface area contributed by atoms with E-state index >= 15 is 0 Å². The molecule has 0 unspecified atom stereocenters. The number of amides is 1. The van der Waals surface area contributed by atoms with E-state index in [-0.39, 0.29) is 5.91 Å². The highest BCUT2D eigenvalue weighted by atomic mass is 16.5. The van der Waals surface area contributed by atoms with Crippen LogP contribution in [0.5, 0.6) is 0 Å². The maximum atomic E-state index is 12.6. The summed E-state index contributed by atoms with van der Waals surface area (Å²) in [5.74, 6) is 0.394. The highest BCUT2D eigenvalue weighted by Gasteiger charge is 2.23. The second-order valence-corrected chi connectivity index (χ2v) is 9.57. The van der Waals surface area contributed by atoms with Gasteiger partial charge in [-0.25, -0.2) is 0 Å². The number of unbranched alkanes of at least 4 members (excludes halogenated alkanes) is 1. The fourth-order valence-electron chi connectivity index (χ4n) is 4.65. The molecule has 3 N–H and O–H groups in total. The van der Waals surface area contributed by atoms with Crippen LogP contribution in [-0.2, 0) is 22.5 Å². The lowest BCUT2D eigenvalue weighted by Crippen LogP contribution is -2.40. The minimum absolute atomic E-state index is 0.122. The Balaban J connectivity index is 1.08. The lowest BCUT2D eigenvalue weighted by Gasteiger charge is -2.20. The molecule has 2 aliphatic rings. The van der Waals surface area contributed by atoms with Gasteiger partial charge in [0.05, 0.1) is 5.69 Å². The van der Waals surface area contributed by atoms with Gasteiger partial charge in [-0.2, -0.15) is 5.10 Å². The Morgan fingerprint density at radius 1 is 1.19 bits per heavy atom. The number of ether oxygens (including phenoxy) is 1. The molecule has 0 spiro atoms. The zero-order chi connectivity index (χ0) is 24.9. The van der Waals surface area contributed by atoms with Gasteiger partial charge in [-0.05, 0) is 62.8 Å². The minimum Gasteiger partial charge on any atom is -0.381 e. The molecule has 10 heteroatoms. The smallest absolute Gasteiger partial charge is 0.270 e. The summed E-state index contributed by atoms with van der Waals surface area (Å²) in [5.41, 5.74) is 8.83. The Kier molecular flexibility index (Phi) is 7.43. The Morgan fingerprint density at radius 3 is 2.86 bits per heavy atom. The van der Waals surface area contributed by atoms with Gasteiger partial charge in [0.15, 0.2) is 5.65 Å². The van der Waals surface area contributed by atoms with Gasteiger partial charge in [0.1, 0.15) is 5.70 Å². The Hall–Kier alpha value is -3.50. The summed E-state index contributed by atoms with van der Waals surface area (Å²) in [5, 5.41) is 16.6. The molecular weight excluding hydrogens is 456 g/mol. The first kappa shape index (κ1) is 24.2. The van der Waals surface area contributed by atoms with Crippen molar-refractivity contribution in [1.29, 1.82) is 0 Å². The number of carbonyl (C=O) groups is 1. The summed E-state index contributed by atoms with van der Waals surface area (Å²) in [6.45, 7) is 4.83. The minimum atomic E-state index is -0.122. The monoisotopic (exact) mass is 490 g/mol. The number of likely N-dealkylation sites (N-methyl/N-ethyl adjacent to an activating group) is 1. The number of hydrogen-bond donors (Lipinski definition) is 3. The molecule has 10 nitrogen and oxygen atoms in total. The molecule has 0 saturated carbocycles. The Morgan fingerprint density at radius 2 is 2.06 bits per heavy atom. The predicted octanol–water partition coefficient (Wildman–Crippen LogP) is 2.70. The number of aromatic nitrogens is 4. The maximum Gasteiger partial charge on any atom is 0.270 e. The van der Waals surface area contributed by atoms with E-state index in [0.717, 1.165) is 79.8 Å². The third-order valence-corrected chi connectivity index (χ3v) is 6.77. The van der Waals surface area contributed by atoms with Crippen molar-refractivity contribution in [3.63, 3.8) is 0 Å². The first-order chi connectivity index (χ1) is 17.5. The first-order valence-corrected chi connectivity index (χ1v) is 12.7. The third kappa shape index (κ3) is 5.83. The predicted molar refractivity (Wildman–Crippen MR) is 136 cm³/mol. The molecule has 3 aromatic heterocycles. The number of aromatic amines is 1. The largest absolute Gasteiger partial charge is 0.381 e. The van der Waals surface area contributed by atoms with E-state index in [1.807, 2.05) is 37.3 Å². The number of nitrogens with one attached hydrogen (secondary N) is 3. The highest BCUT2D eigenvalue weighted by Crippen LogP contribution is 2.28. The Bertz CT molecular complexity index is 1220. The van der Waals surface area contributed by atoms with Crippen LogP contribution in [-0.4, -0.2) is 62.9 Å². The Labute approximate surface area is 211 Å². The number of fused-ring (bicyclic) bond motifs is 1. The lowest BCUT2D eigenvalue weighted by molar-refractivity contribution is -0.119. The maximum absolute atomic E-state index is 12.6. The molecule has 0 atom stereocenters. The SMILES string of the molecule is Cc1ccc(CNC(=O)C2=CN(CCCCc3cc4cc(C5CCOCC5)[nH]c4nn3)NN2C)cn1. The molecular formula is C26H34N8O2. The molecule has 0 bridgehead atoms. The van der Waals surface area contributed by atoms with Crippen LogP contribution in [0.25, 0.3) is 11.0 Å². The van der Waals surface area contributed by atoms with Crippen molar-refractivity contribution in [3.8, 4) is 0 Å². The quantitative estimate of drug-likeness (QED) is 0.393. The van der Waals surface area contributed by atoms with Crippen LogP contribution in [0.3, 0.4) is 0 Å². The van der Waals surface area contributed by atoms with Crippen molar-refractivity contribution in [2.75, 3.05) is 26.8 Å². The summed E-state index contributed by atoms with van der Waals surface area (Å²) in [6.07, 6.45) is 8.55. The average molecular weight is 491 g/mol. The fourth-order valence-corrected chi connectivity index (χ4v) is 4.65. The van der Waals surface area contributed by atoms with Gasteiger partial charge in [-0.1, -0.05) is 6.07 Å².